The van der Waals surface area contributed by atoms with Crippen LogP contribution in [-0.4, -0.2) is 24.7 Å². The van der Waals surface area contributed by atoms with Gasteiger partial charge in [-0.2, -0.15) is 5.26 Å². The highest BCUT2D eigenvalue weighted by Crippen LogP contribution is 2.33. The summed E-state index contributed by atoms with van der Waals surface area (Å²) in [5.41, 5.74) is 1.72. The van der Waals surface area contributed by atoms with Crippen LogP contribution in [0.4, 0.5) is 5.00 Å². The minimum Gasteiger partial charge on any atom is -0.462 e. The Bertz CT molecular complexity index is 820. The van der Waals surface area contributed by atoms with Gasteiger partial charge in [-0.15, -0.1) is 23.1 Å². The summed E-state index contributed by atoms with van der Waals surface area (Å²) in [6, 6.07) is 9.78. The number of rotatable bonds is 6. The monoisotopic (exact) mass is 374 g/mol. The molecule has 130 valence electrons. The van der Waals surface area contributed by atoms with Gasteiger partial charge in [0, 0.05) is 4.90 Å². The summed E-state index contributed by atoms with van der Waals surface area (Å²) >= 11 is 2.71. The summed E-state index contributed by atoms with van der Waals surface area (Å²) in [6.07, 6.45) is 2.19. The average Bonchev–Trinajstić information content (AvgIpc) is 2.91. The van der Waals surface area contributed by atoms with Crippen molar-refractivity contribution in [3.05, 3.63) is 45.8 Å². The zero-order valence-electron chi connectivity index (χ0n) is 14.2. The molecule has 0 bridgehead atoms. The maximum atomic E-state index is 12.3. The number of benzene rings is 1. The molecule has 1 amide bonds. The van der Waals surface area contributed by atoms with Crippen LogP contribution in [0.15, 0.2) is 29.2 Å². The molecule has 25 heavy (non-hydrogen) atoms. The molecule has 0 aliphatic carbocycles. The summed E-state index contributed by atoms with van der Waals surface area (Å²) in [4.78, 5) is 25.7. The van der Waals surface area contributed by atoms with Crippen molar-refractivity contribution in [2.75, 3.05) is 18.2 Å². The van der Waals surface area contributed by atoms with Crippen LogP contribution in [0.25, 0.3) is 0 Å². The molecule has 7 heteroatoms. The van der Waals surface area contributed by atoms with Crippen molar-refractivity contribution in [1.82, 2.24) is 0 Å². The lowest BCUT2D eigenvalue weighted by molar-refractivity contribution is -0.115. The lowest BCUT2D eigenvalue weighted by Gasteiger charge is -2.04. The molecule has 2 rings (SSSR count). The van der Waals surface area contributed by atoms with E-state index in [1.54, 1.807) is 25.6 Å². The fourth-order valence-corrected chi connectivity index (χ4v) is 3.70. The second-order valence-electron chi connectivity index (χ2n) is 5.17. The number of ether oxygens (including phenoxy) is 1. The Morgan fingerprint density at radius 1 is 1.32 bits per heavy atom. The summed E-state index contributed by atoms with van der Waals surface area (Å²) < 4.78 is 4.99. The number of nitriles is 1. The van der Waals surface area contributed by atoms with Gasteiger partial charge >= 0.3 is 5.97 Å². The number of amides is 1. The van der Waals surface area contributed by atoms with Crippen LogP contribution in [0, 0.1) is 18.3 Å². The number of carbonyl (C=O) groups is 2. The van der Waals surface area contributed by atoms with Gasteiger partial charge in [-0.05, 0) is 43.4 Å². The smallest absolute Gasteiger partial charge is 0.348 e. The zero-order chi connectivity index (χ0) is 18.4. The van der Waals surface area contributed by atoms with Crippen LogP contribution in [0.2, 0.25) is 0 Å². The molecule has 0 spiro atoms. The van der Waals surface area contributed by atoms with E-state index in [0.717, 1.165) is 21.8 Å². The summed E-state index contributed by atoms with van der Waals surface area (Å²) in [5.74, 6) is -0.709. The number of nitrogens with one attached hydrogen (secondary N) is 1. The first-order chi connectivity index (χ1) is 12.0. The fourth-order valence-electron chi connectivity index (χ4n) is 2.23. The number of carbonyl (C=O) groups excluding carboxylic acids is 2. The molecule has 0 aliphatic heterocycles. The number of nitrogens with zero attached hydrogens (tertiary/aromatic N) is 1. The molecule has 0 saturated carbocycles. The fraction of sp³-hybridized carbons (Fsp3) is 0.278. The number of hydrogen-bond acceptors (Lipinski definition) is 6. The molecule has 5 nitrogen and oxygen atoms in total. The highest BCUT2D eigenvalue weighted by Gasteiger charge is 2.22. The van der Waals surface area contributed by atoms with E-state index in [9.17, 15) is 14.9 Å². The Morgan fingerprint density at radius 3 is 2.56 bits per heavy atom. The second-order valence-corrected chi connectivity index (χ2v) is 7.07. The van der Waals surface area contributed by atoms with Crippen LogP contribution in [0.5, 0.6) is 0 Å². The number of esters is 1. The van der Waals surface area contributed by atoms with Crippen LogP contribution in [-0.2, 0) is 16.0 Å². The molecule has 1 heterocycles. The summed E-state index contributed by atoms with van der Waals surface area (Å²) in [5, 5.41) is 12.5. The first-order valence-electron chi connectivity index (χ1n) is 7.63. The van der Waals surface area contributed by atoms with E-state index in [2.05, 4.69) is 11.4 Å². The van der Waals surface area contributed by atoms with Crippen LogP contribution < -0.4 is 5.32 Å². The highest BCUT2D eigenvalue weighted by molar-refractivity contribution is 7.98. The molecule has 0 saturated heterocycles. The molecule has 1 N–H and O–H groups in total. The van der Waals surface area contributed by atoms with Gasteiger partial charge in [0.2, 0.25) is 5.91 Å². The summed E-state index contributed by atoms with van der Waals surface area (Å²) in [7, 11) is 0. The van der Waals surface area contributed by atoms with Crippen molar-refractivity contribution < 1.29 is 14.3 Å². The van der Waals surface area contributed by atoms with Gasteiger partial charge in [0.15, 0.2) is 0 Å². The number of hydrogen-bond donors (Lipinski definition) is 1. The normalized spacial score (nSPS) is 10.2. The third kappa shape index (κ3) is 4.62. The van der Waals surface area contributed by atoms with Crippen molar-refractivity contribution in [3.8, 4) is 6.07 Å². The van der Waals surface area contributed by atoms with Gasteiger partial charge in [0.05, 0.1) is 18.6 Å². The molecule has 0 fully saturated rings. The average molecular weight is 374 g/mol. The van der Waals surface area contributed by atoms with Crippen molar-refractivity contribution in [2.45, 2.75) is 25.2 Å². The first kappa shape index (κ1) is 19.0. The first-order valence-corrected chi connectivity index (χ1v) is 9.67. The SMILES string of the molecule is CCOC(=O)c1sc(NC(=O)Cc2ccc(SC)cc2)c(C#N)c1C. The molecule has 1 aromatic carbocycles. The third-order valence-electron chi connectivity index (χ3n) is 3.50. The lowest BCUT2D eigenvalue weighted by atomic mass is 10.1. The Hall–Kier alpha value is -2.30. The predicted octanol–water partition coefficient (Wildman–Crippen LogP) is 4.01. The Balaban J connectivity index is 2.15. The molecular formula is C18H18N2O3S2. The van der Waals surface area contributed by atoms with Crippen LogP contribution >= 0.6 is 23.1 Å². The van der Waals surface area contributed by atoms with Crippen molar-refractivity contribution >= 4 is 40.0 Å². The maximum absolute atomic E-state index is 12.3. The number of thioether (sulfide) groups is 1. The van der Waals surface area contributed by atoms with Gasteiger partial charge in [-0.1, -0.05) is 12.1 Å². The van der Waals surface area contributed by atoms with E-state index in [4.69, 9.17) is 4.74 Å². The van der Waals surface area contributed by atoms with Crippen molar-refractivity contribution in [2.24, 2.45) is 0 Å². The molecule has 2 aromatic rings. The molecular weight excluding hydrogens is 356 g/mol. The van der Waals surface area contributed by atoms with Gasteiger partial charge in [-0.3, -0.25) is 4.79 Å². The predicted molar refractivity (Wildman–Crippen MR) is 100 cm³/mol. The Kier molecular flexibility index (Phi) is 6.62. The van der Waals surface area contributed by atoms with E-state index in [1.807, 2.05) is 30.5 Å². The van der Waals surface area contributed by atoms with E-state index in [1.165, 1.54) is 0 Å². The Morgan fingerprint density at radius 2 is 2.00 bits per heavy atom. The summed E-state index contributed by atoms with van der Waals surface area (Å²) in [6.45, 7) is 3.65. The minimum atomic E-state index is -0.477. The van der Waals surface area contributed by atoms with E-state index in [-0.39, 0.29) is 18.9 Å². The highest BCUT2D eigenvalue weighted by atomic mass is 32.2. The van der Waals surface area contributed by atoms with E-state index >= 15 is 0 Å². The topological polar surface area (TPSA) is 79.2 Å². The third-order valence-corrected chi connectivity index (χ3v) is 5.43. The van der Waals surface area contributed by atoms with E-state index < -0.39 is 5.97 Å². The molecule has 1 aromatic heterocycles. The number of thiophene rings is 1. The van der Waals surface area contributed by atoms with Gasteiger partial charge in [0.1, 0.15) is 15.9 Å². The standard InChI is InChI=1S/C18H18N2O3S2/c1-4-23-18(22)16-11(2)14(10-19)17(25-16)20-15(21)9-12-5-7-13(24-3)8-6-12/h5-8H,4,9H2,1-3H3,(H,20,21). The second kappa shape index (κ2) is 8.70. The maximum Gasteiger partial charge on any atom is 0.348 e. The molecule has 0 aliphatic rings. The Labute approximate surface area is 155 Å². The van der Waals surface area contributed by atoms with Crippen LogP contribution in [0.3, 0.4) is 0 Å². The quantitative estimate of drug-likeness (QED) is 0.610. The van der Waals surface area contributed by atoms with Gasteiger partial charge in [0.25, 0.3) is 0 Å². The molecule has 0 atom stereocenters. The molecule has 0 radical (unpaired) electrons. The van der Waals surface area contributed by atoms with E-state index in [0.29, 0.717) is 21.0 Å². The van der Waals surface area contributed by atoms with Crippen LogP contribution in [0.1, 0.15) is 33.3 Å². The number of anilines is 1. The molecule has 0 unspecified atom stereocenters. The zero-order valence-corrected chi connectivity index (χ0v) is 15.8. The minimum absolute atomic E-state index is 0.200. The lowest BCUT2D eigenvalue weighted by Crippen LogP contribution is -2.14. The largest absolute Gasteiger partial charge is 0.462 e. The van der Waals surface area contributed by atoms with Crippen molar-refractivity contribution in [3.63, 3.8) is 0 Å². The van der Waals surface area contributed by atoms with Crippen molar-refractivity contribution in [1.29, 1.82) is 5.26 Å². The van der Waals surface area contributed by atoms with Gasteiger partial charge in [-0.25, -0.2) is 4.79 Å². The van der Waals surface area contributed by atoms with Gasteiger partial charge < -0.3 is 10.1 Å².